The Balaban J connectivity index is 1.29. The summed E-state index contributed by atoms with van der Waals surface area (Å²) in [5.74, 6) is -0.410. The van der Waals surface area contributed by atoms with Gasteiger partial charge in [-0.3, -0.25) is 9.59 Å². The molecule has 0 saturated carbocycles. The third-order valence-corrected chi connectivity index (χ3v) is 8.27. The third-order valence-electron chi connectivity index (χ3n) is 6.38. The van der Waals surface area contributed by atoms with E-state index in [4.69, 9.17) is 0 Å². The highest BCUT2D eigenvalue weighted by Crippen LogP contribution is 2.23. The zero-order valence-corrected chi connectivity index (χ0v) is 18.3. The van der Waals surface area contributed by atoms with Crippen LogP contribution in [0.1, 0.15) is 6.42 Å². The van der Waals surface area contributed by atoms with Crippen molar-refractivity contribution in [3.05, 3.63) is 72.8 Å². The van der Waals surface area contributed by atoms with Crippen LogP contribution in [0.15, 0.2) is 77.7 Å². The summed E-state index contributed by atoms with van der Waals surface area (Å²) in [4.78, 5) is 28.0. The van der Waals surface area contributed by atoms with E-state index >= 15 is 0 Å². The Bertz CT molecular complexity index is 1280. The summed E-state index contributed by atoms with van der Waals surface area (Å²) < 4.78 is 27.9. The first-order valence-electron chi connectivity index (χ1n) is 10.7. The van der Waals surface area contributed by atoms with Gasteiger partial charge in [-0.2, -0.15) is 4.31 Å². The molecule has 2 aliphatic heterocycles. The number of fused-ring (bicyclic) bond motifs is 1. The number of rotatable bonds is 4. The van der Waals surface area contributed by atoms with Crippen molar-refractivity contribution in [1.29, 1.82) is 0 Å². The molecule has 2 amide bonds. The smallest absolute Gasteiger partial charge is 0.292 e. The minimum atomic E-state index is -3.62. The maximum atomic E-state index is 13.2. The minimum Gasteiger partial charge on any atom is -0.322 e. The van der Waals surface area contributed by atoms with Crippen molar-refractivity contribution in [2.75, 3.05) is 31.1 Å². The minimum absolute atomic E-state index is 0.153. The number of benzene rings is 3. The van der Waals surface area contributed by atoms with E-state index in [0.29, 0.717) is 31.9 Å². The van der Waals surface area contributed by atoms with Gasteiger partial charge >= 0.3 is 0 Å². The lowest BCUT2D eigenvalue weighted by Crippen LogP contribution is -3.19. The molecule has 3 aromatic rings. The zero-order valence-electron chi connectivity index (χ0n) is 17.5. The first-order chi connectivity index (χ1) is 15.4. The van der Waals surface area contributed by atoms with Crippen LogP contribution in [0.5, 0.6) is 0 Å². The predicted molar refractivity (Wildman–Crippen MR) is 121 cm³/mol. The second-order valence-corrected chi connectivity index (χ2v) is 10.2. The largest absolute Gasteiger partial charge is 0.322 e. The van der Waals surface area contributed by atoms with Crippen molar-refractivity contribution in [3.63, 3.8) is 0 Å². The summed E-state index contributed by atoms with van der Waals surface area (Å²) in [6.07, 6.45) is 0.153. The number of sulfonamides is 1. The van der Waals surface area contributed by atoms with Gasteiger partial charge in [0.05, 0.1) is 43.2 Å². The Morgan fingerprint density at radius 1 is 0.812 bits per heavy atom. The van der Waals surface area contributed by atoms with Gasteiger partial charge in [-0.1, -0.05) is 48.5 Å². The van der Waals surface area contributed by atoms with E-state index in [-0.39, 0.29) is 23.1 Å². The zero-order chi connectivity index (χ0) is 22.3. The number of piperazine rings is 1. The fourth-order valence-corrected chi connectivity index (χ4v) is 6.12. The first kappa shape index (κ1) is 20.8. The topological polar surface area (TPSA) is 79.2 Å². The number of carbonyl (C=O) groups excluding carboxylic acids is 2. The normalized spacial score (nSPS) is 20.9. The first-order valence-corrected chi connectivity index (χ1v) is 12.1. The molecule has 32 heavy (non-hydrogen) atoms. The molecule has 2 aliphatic rings. The average molecular weight is 451 g/mol. The summed E-state index contributed by atoms with van der Waals surface area (Å²) in [6.45, 7) is 1.60. The lowest BCUT2D eigenvalue weighted by atomic mass is 10.1. The summed E-state index contributed by atoms with van der Waals surface area (Å²) in [6, 6.07) is 21.3. The van der Waals surface area contributed by atoms with E-state index in [1.54, 1.807) is 36.4 Å². The molecular formula is C24H24N3O4S+. The van der Waals surface area contributed by atoms with E-state index in [9.17, 15) is 18.0 Å². The monoisotopic (exact) mass is 450 g/mol. The van der Waals surface area contributed by atoms with Gasteiger partial charge in [0.2, 0.25) is 15.9 Å². The van der Waals surface area contributed by atoms with E-state index in [1.165, 1.54) is 9.21 Å². The molecule has 2 fully saturated rings. The van der Waals surface area contributed by atoms with Gasteiger partial charge < -0.3 is 4.90 Å². The molecule has 0 bridgehead atoms. The molecule has 2 saturated heterocycles. The van der Waals surface area contributed by atoms with Crippen molar-refractivity contribution in [2.24, 2.45) is 0 Å². The number of imide groups is 1. The van der Waals surface area contributed by atoms with Crippen LogP contribution < -0.4 is 9.80 Å². The van der Waals surface area contributed by atoms with Crippen LogP contribution in [0.3, 0.4) is 0 Å². The molecule has 0 spiro atoms. The van der Waals surface area contributed by atoms with E-state index in [0.717, 1.165) is 15.7 Å². The molecule has 1 atom stereocenters. The van der Waals surface area contributed by atoms with E-state index < -0.39 is 16.1 Å². The number of hydrogen-bond donors (Lipinski definition) is 1. The van der Waals surface area contributed by atoms with Gasteiger partial charge in [-0.15, -0.1) is 0 Å². The summed E-state index contributed by atoms with van der Waals surface area (Å²) in [7, 11) is -3.62. The maximum Gasteiger partial charge on any atom is 0.292 e. The number of amides is 2. The lowest BCUT2D eigenvalue weighted by Gasteiger charge is -2.33. The van der Waals surface area contributed by atoms with Gasteiger partial charge in [-0.25, -0.2) is 13.3 Å². The van der Waals surface area contributed by atoms with Crippen LogP contribution in [-0.4, -0.2) is 56.8 Å². The average Bonchev–Trinajstić information content (AvgIpc) is 3.13. The molecule has 0 radical (unpaired) electrons. The molecule has 2 heterocycles. The highest BCUT2D eigenvalue weighted by atomic mass is 32.2. The maximum absolute atomic E-state index is 13.2. The molecule has 3 aromatic carbocycles. The van der Waals surface area contributed by atoms with E-state index in [1.807, 2.05) is 36.4 Å². The number of anilines is 1. The van der Waals surface area contributed by atoms with Gasteiger partial charge in [0, 0.05) is 0 Å². The quantitative estimate of drug-likeness (QED) is 0.603. The molecule has 7 nitrogen and oxygen atoms in total. The lowest BCUT2D eigenvalue weighted by molar-refractivity contribution is -0.918. The van der Waals surface area contributed by atoms with Crippen molar-refractivity contribution >= 4 is 38.3 Å². The Morgan fingerprint density at radius 2 is 1.47 bits per heavy atom. The number of carbonyl (C=O) groups is 2. The molecule has 164 valence electrons. The Hall–Kier alpha value is -3.07. The SMILES string of the molecule is O=C1C[C@@H]([NH+]2CCN(S(=O)(=O)c3ccc4ccccc4c3)CC2)C(=O)N1c1ccccc1. The van der Waals surface area contributed by atoms with Crippen LogP contribution in [0, 0.1) is 0 Å². The number of nitrogens with one attached hydrogen (secondary N) is 1. The van der Waals surface area contributed by atoms with Crippen molar-refractivity contribution < 1.29 is 22.9 Å². The van der Waals surface area contributed by atoms with Crippen molar-refractivity contribution in [1.82, 2.24) is 4.31 Å². The molecule has 0 aliphatic carbocycles. The standard InChI is InChI=1S/C24H23N3O4S/c28-23-17-22(24(29)27(23)20-8-2-1-3-9-20)25-12-14-26(15-13-25)32(30,31)21-11-10-18-6-4-5-7-19(18)16-21/h1-11,16,22H,12-15,17H2/p+1/t22-/m1/s1. The van der Waals surface area contributed by atoms with Gasteiger partial charge in [-0.05, 0) is 35.0 Å². The number of para-hydroxylation sites is 1. The summed E-state index contributed by atoms with van der Waals surface area (Å²) in [5.41, 5.74) is 0.585. The number of hydrogen-bond acceptors (Lipinski definition) is 4. The Morgan fingerprint density at radius 3 is 2.19 bits per heavy atom. The molecule has 0 aromatic heterocycles. The highest BCUT2D eigenvalue weighted by molar-refractivity contribution is 7.89. The van der Waals surface area contributed by atoms with Crippen molar-refractivity contribution in [2.45, 2.75) is 17.4 Å². The van der Waals surface area contributed by atoms with Crippen molar-refractivity contribution in [3.8, 4) is 0 Å². The number of quaternary nitrogens is 1. The molecule has 1 N–H and O–H groups in total. The summed E-state index contributed by atoms with van der Waals surface area (Å²) >= 11 is 0. The summed E-state index contributed by atoms with van der Waals surface area (Å²) in [5, 5.41) is 1.88. The Kier molecular flexibility index (Phi) is 5.28. The predicted octanol–water partition coefficient (Wildman–Crippen LogP) is 1.06. The molecule has 5 rings (SSSR count). The Labute approximate surface area is 186 Å². The van der Waals surface area contributed by atoms with Crippen LogP contribution >= 0.6 is 0 Å². The third kappa shape index (κ3) is 3.60. The van der Waals surface area contributed by atoms with E-state index in [2.05, 4.69) is 0 Å². The van der Waals surface area contributed by atoms with Gasteiger partial charge in [0.15, 0.2) is 6.04 Å². The second-order valence-electron chi connectivity index (χ2n) is 8.23. The van der Waals surface area contributed by atoms with Crippen LogP contribution in [0.4, 0.5) is 5.69 Å². The van der Waals surface area contributed by atoms with Crippen LogP contribution in [0.25, 0.3) is 10.8 Å². The molecule has 0 unspecified atom stereocenters. The van der Waals surface area contributed by atoms with Crippen LogP contribution in [-0.2, 0) is 19.6 Å². The highest BCUT2D eigenvalue weighted by Gasteiger charge is 2.47. The van der Waals surface area contributed by atoms with Gasteiger partial charge in [0.1, 0.15) is 0 Å². The van der Waals surface area contributed by atoms with Crippen LogP contribution in [0.2, 0.25) is 0 Å². The van der Waals surface area contributed by atoms with Gasteiger partial charge in [0.25, 0.3) is 5.91 Å². The number of nitrogens with zero attached hydrogens (tertiary/aromatic N) is 2. The second kappa shape index (κ2) is 8.12. The fourth-order valence-electron chi connectivity index (χ4n) is 4.64. The molecule has 8 heteroatoms. The molecular weight excluding hydrogens is 426 g/mol. The fraction of sp³-hybridized carbons (Fsp3) is 0.250.